The van der Waals surface area contributed by atoms with Gasteiger partial charge in [-0.05, 0) is 31.7 Å². The molecule has 8 nitrogen and oxygen atoms in total. The average Bonchev–Trinajstić information content (AvgIpc) is 2.79. The first-order chi connectivity index (χ1) is 15.8. The highest BCUT2D eigenvalue weighted by Crippen LogP contribution is 2.29. The first kappa shape index (κ1) is 25.6. The first-order valence-corrected chi connectivity index (χ1v) is 11.8. The molecule has 33 heavy (non-hydrogen) atoms. The summed E-state index contributed by atoms with van der Waals surface area (Å²) in [6.07, 6.45) is 13.1. The van der Waals surface area contributed by atoms with Crippen molar-refractivity contribution in [3.63, 3.8) is 0 Å². The Kier molecular flexibility index (Phi) is 9.25. The second-order valence-corrected chi connectivity index (χ2v) is 9.35. The monoisotopic (exact) mass is 480 g/mol. The van der Waals surface area contributed by atoms with Crippen LogP contribution in [0.1, 0.15) is 25.7 Å². The fourth-order valence-corrected chi connectivity index (χ4v) is 4.55. The molecule has 0 bridgehead atoms. The van der Waals surface area contributed by atoms with Gasteiger partial charge >= 0.3 is 0 Å². The van der Waals surface area contributed by atoms with Crippen LogP contribution in [0.2, 0.25) is 0 Å². The summed E-state index contributed by atoms with van der Waals surface area (Å²) in [6.45, 7) is 1.30. The molecule has 4 atom stereocenters. The molecular weight excluding hydrogens is 445 g/mol. The smallest absolute Gasteiger partial charge is 0.214 e. The van der Waals surface area contributed by atoms with E-state index in [9.17, 15) is 9.50 Å². The van der Waals surface area contributed by atoms with Crippen molar-refractivity contribution in [1.29, 1.82) is 0 Å². The minimum atomic E-state index is -1.23. The lowest BCUT2D eigenvalue weighted by Crippen LogP contribution is -2.68. The zero-order chi connectivity index (χ0) is 23.8. The Hall–Kier alpha value is -2.01. The zero-order valence-electron chi connectivity index (χ0n) is 18.8. The van der Waals surface area contributed by atoms with Crippen molar-refractivity contribution in [2.24, 2.45) is 17.4 Å². The minimum absolute atomic E-state index is 0.0231. The average molecular weight is 481 g/mol. The Bertz CT molecular complexity index is 855. The maximum Gasteiger partial charge on any atom is 0.214 e. The third-order valence-corrected chi connectivity index (χ3v) is 6.97. The molecule has 0 aliphatic heterocycles. The van der Waals surface area contributed by atoms with E-state index in [2.05, 4.69) is 32.7 Å². The number of hydrogen-bond acceptors (Lipinski definition) is 7. The fourth-order valence-electron chi connectivity index (χ4n) is 4.30. The van der Waals surface area contributed by atoms with Crippen LogP contribution in [0.4, 0.5) is 10.1 Å². The van der Waals surface area contributed by atoms with Crippen LogP contribution in [0, 0.1) is 11.9 Å². The van der Waals surface area contributed by atoms with Gasteiger partial charge < -0.3 is 38.3 Å². The fraction of sp³-hybridized carbons (Fsp3) is 0.522. The van der Waals surface area contributed by atoms with E-state index in [1.807, 2.05) is 18.2 Å². The number of rotatable bonds is 10. The predicted octanol–water partition coefficient (Wildman–Crippen LogP) is 0.531. The van der Waals surface area contributed by atoms with Crippen LogP contribution in [0.15, 0.2) is 54.4 Å². The number of alkyl halides is 1. The van der Waals surface area contributed by atoms with Crippen LogP contribution in [0.5, 0.6) is 0 Å². The molecule has 3 rings (SSSR count). The molecule has 10 heteroatoms. The van der Waals surface area contributed by atoms with E-state index in [-0.39, 0.29) is 10.9 Å². The molecular formula is C23H36ClFN7O+. The van der Waals surface area contributed by atoms with Crippen molar-refractivity contribution in [2.75, 3.05) is 18.4 Å². The molecule has 2 aliphatic carbocycles. The molecule has 0 aromatic carbocycles. The molecule has 0 saturated heterocycles. The standard InChI is InChI=1S/C23H35ClFN7O/c24-19-4-2-1-3-15(19)12-30-16-5-8-23(14-26,9-6-16)31-13-18(22(28)33)21(27)32-17-7-10-29-20(25)11-17/h1-4,7,10-11,13,15-16,19,21-22,30-31,33H,5-6,8-9,12,14,26-28H2,(H,29,32)/p+1. The highest BCUT2D eigenvalue weighted by atomic mass is 35.5. The normalized spacial score (nSPS) is 29.5. The van der Waals surface area contributed by atoms with E-state index in [1.54, 1.807) is 12.3 Å². The van der Waals surface area contributed by atoms with Gasteiger partial charge in [0.1, 0.15) is 6.23 Å². The van der Waals surface area contributed by atoms with Gasteiger partial charge in [0.2, 0.25) is 5.95 Å². The summed E-state index contributed by atoms with van der Waals surface area (Å²) in [7, 11) is 0. The molecule has 0 spiro atoms. The van der Waals surface area contributed by atoms with Gasteiger partial charge in [0, 0.05) is 54.7 Å². The Morgan fingerprint density at radius 1 is 1.36 bits per heavy atom. The molecule has 1 saturated carbocycles. The third kappa shape index (κ3) is 7.23. The maximum absolute atomic E-state index is 13.4. The number of aromatic nitrogens is 1. The van der Waals surface area contributed by atoms with Gasteiger partial charge in [0.25, 0.3) is 0 Å². The lowest BCUT2D eigenvalue weighted by molar-refractivity contribution is -0.399. The lowest BCUT2D eigenvalue weighted by Gasteiger charge is -2.41. The molecule has 0 radical (unpaired) electrons. The highest BCUT2D eigenvalue weighted by molar-refractivity contribution is 6.22. The topological polar surface area (TPSA) is 149 Å². The number of pyridine rings is 1. The van der Waals surface area contributed by atoms with E-state index in [1.165, 1.54) is 12.3 Å². The molecule has 4 unspecified atom stereocenters. The number of allylic oxidation sites excluding steroid dienone is 3. The van der Waals surface area contributed by atoms with Gasteiger partial charge in [-0.1, -0.05) is 24.3 Å². The SMILES string of the molecule is NCC1(NC=C(C(N)O)C([NH3+])Nc2ccnc(F)c2)CCC(NCC2C=CC=CC2Cl)CC1. The zero-order valence-corrected chi connectivity index (χ0v) is 19.5. The number of nitrogens with one attached hydrogen (secondary N) is 3. The van der Waals surface area contributed by atoms with E-state index in [0.717, 1.165) is 32.2 Å². The molecule has 11 N–H and O–H groups in total. The second kappa shape index (κ2) is 11.9. The first-order valence-electron chi connectivity index (χ1n) is 11.4. The quantitative estimate of drug-likeness (QED) is 0.147. The lowest BCUT2D eigenvalue weighted by atomic mass is 9.79. The summed E-state index contributed by atoms with van der Waals surface area (Å²) in [5.74, 6) is -0.308. The molecule has 2 aliphatic rings. The van der Waals surface area contributed by atoms with E-state index in [4.69, 9.17) is 23.1 Å². The molecule has 1 aromatic heterocycles. The summed E-state index contributed by atoms with van der Waals surface area (Å²) in [5, 5.41) is 20.2. The number of halogens is 2. The van der Waals surface area contributed by atoms with Crippen LogP contribution in [0.3, 0.4) is 0 Å². The highest BCUT2D eigenvalue weighted by Gasteiger charge is 2.34. The van der Waals surface area contributed by atoms with Crippen molar-refractivity contribution >= 4 is 17.3 Å². The van der Waals surface area contributed by atoms with E-state index >= 15 is 0 Å². The Morgan fingerprint density at radius 3 is 2.73 bits per heavy atom. The summed E-state index contributed by atoms with van der Waals surface area (Å²) in [5.41, 5.74) is 16.6. The molecule has 182 valence electrons. The number of quaternary nitrogens is 1. The number of hydrogen-bond donors (Lipinski definition) is 7. The van der Waals surface area contributed by atoms with Crippen molar-refractivity contribution in [3.8, 4) is 0 Å². The van der Waals surface area contributed by atoms with Gasteiger partial charge in [-0.3, -0.25) is 0 Å². The maximum atomic E-state index is 13.4. The van der Waals surface area contributed by atoms with Crippen LogP contribution in [0.25, 0.3) is 0 Å². The van der Waals surface area contributed by atoms with Gasteiger partial charge in [-0.15, -0.1) is 11.6 Å². The number of nitrogens with two attached hydrogens (primary N) is 2. The molecule has 1 heterocycles. The number of nitrogens with zero attached hydrogens (tertiary/aromatic N) is 1. The van der Waals surface area contributed by atoms with Crippen LogP contribution in [-0.4, -0.2) is 52.5 Å². The van der Waals surface area contributed by atoms with Gasteiger partial charge in [0.15, 0.2) is 6.17 Å². The Balaban J connectivity index is 1.55. The van der Waals surface area contributed by atoms with Crippen molar-refractivity contribution in [3.05, 3.63) is 60.4 Å². The van der Waals surface area contributed by atoms with Crippen molar-refractivity contribution < 1.29 is 15.2 Å². The van der Waals surface area contributed by atoms with Crippen LogP contribution in [-0.2, 0) is 0 Å². The van der Waals surface area contributed by atoms with Gasteiger partial charge in [-0.2, -0.15) is 4.39 Å². The Labute approximate surface area is 199 Å². The summed E-state index contributed by atoms with van der Waals surface area (Å²) in [4.78, 5) is 3.53. The number of aliphatic hydroxyl groups is 1. The largest absolute Gasteiger partial charge is 0.384 e. The third-order valence-electron chi connectivity index (χ3n) is 6.51. The van der Waals surface area contributed by atoms with Crippen molar-refractivity contribution in [2.45, 2.75) is 55.0 Å². The van der Waals surface area contributed by atoms with E-state index in [0.29, 0.717) is 29.8 Å². The molecule has 0 amide bonds. The second-order valence-electron chi connectivity index (χ2n) is 8.84. The van der Waals surface area contributed by atoms with E-state index < -0.39 is 18.3 Å². The number of anilines is 1. The van der Waals surface area contributed by atoms with Crippen LogP contribution >= 0.6 is 11.6 Å². The van der Waals surface area contributed by atoms with Gasteiger partial charge in [0.05, 0.1) is 11.0 Å². The number of aliphatic hydroxyl groups excluding tert-OH is 1. The Morgan fingerprint density at radius 2 is 2.09 bits per heavy atom. The molecule has 1 fully saturated rings. The summed E-state index contributed by atoms with van der Waals surface area (Å²) in [6, 6.07) is 3.28. The summed E-state index contributed by atoms with van der Waals surface area (Å²) < 4.78 is 13.4. The van der Waals surface area contributed by atoms with Crippen LogP contribution < -0.4 is 33.2 Å². The van der Waals surface area contributed by atoms with Gasteiger partial charge in [-0.25, -0.2) is 4.98 Å². The van der Waals surface area contributed by atoms with Crippen molar-refractivity contribution in [1.82, 2.24) is 15.6 Å². The minimum Gasteiger partial charge on any atom is -0.384 e. The predicted molar refractivity (Wildman–Crippen MR) is 129 cm³/mol. The summed E-state index contributed by atoms with van der Waals surface area (Å²) >= 11 is 6.38. The molecule has 1 aromatic rings.